The molecule has 3 rings (SSSR count). The van der Waals surface area contributed by atoms with E-state index in [9.17, 15) is 8.42 Å². The summed E-state index contributed by atoms with van der Waals surface area (Å²) in [5.74, 6) is 0.511. The van der Waals surface area contributed by atoms with Crippen LogP contribution in [-0.4, -0.2) is 14.7 Å². The molecule has 0 spiro atoms. The number of fused-ring (bicyclic) bond motifs is 1. The lowest BCUT2D eigenvalue weighted by molar-refractivity contribution is 0.309. The van der Waals surface area contributed by atoms with Gasteiger partial charge >= 0.3 is 0 Å². The molecule has 2 aromatic carbocycles. The quantitative estimate of drug-likeness (QED) is 0.692. The Labute approximate surface area is 138 Å². The molecule has 0 aliphatic carbocycles. The Bertz CT molecular complexity index is 929. The number of benzene rings is 2. The summed E-state index contributed by atoms with van der Waals surface area (Å²) in [6.07, 6.45) is 1.18. The number of hydrogen-bond donors (Lipinski definition) is 0. The SMILES string of the molecule is CS(=O)(=O)c1cccc(OCc2sc3ccccc3c2Cl)c1. The highest BCUT2D eigenvalue weighted by molar-refractivity contribution is 7.90. The standard InChI is InChI=1S/C16H13ClO3S2/c1-22(18,19)12-6-4-5-11(9-12)20-10-15-16(17)13-7-2-3-8-14(13)21-15/h2-9H,10H2,1H3. The van der Waals surface area contributed by atoms with Crippen LogP contribution in [0.4, 0.5) is 0 Å². The predicted octanol–water partition coefficient (Wildman–Crippen LogP) is 4.54. The zero-order valence-electron chi connectivity index (χ0n) is 11.7. The zero-order chi connectivity index (χ0) is 15.7. The van der Waals surface area contributed by atoms with Crippen LogP contribution in [0.15, 0.2) is 53.4 Å². The molecule has 0 bridgehead atoms. The molecule has 0 aliphatic heterocycles. The maximum atomic E-state index is 11.6. The van der Waals surface area contributed by atoms with Crippen molar-refractivity contribution in [2.45, 2.75) is 11.5 Å². The van der Waals surface area contributed by atoms with Crippen LogP contribution in [0.3, 0.4) is 0 Å². The first-order valence-corrected chi connectivity index (χ1v) is 9.62. The Morgan fingerprint density at radius 1 is 1.14 bits per heavy atom. The van der Waals surface area contributed by atoms with E-state index < -0.39 is 9.84 Å². The zero-order valence-corrected chi connectivity index (χ0v) is 14.1. The van der Waals surface area contributed by atoms with Gasteiger partial charge in [-0.2, -0.15) is 0 Å². The Balaban J connectivity index is 1.84. The van der Waals surface area contributed by atoms with Crippen LogP contribution >= 0.6 is 22.9 Å². The van der Waals surface area contributed by atoms with E-state index in [0.717, 1.165) is 15.0 Å². The summed E-state index contributed by atoms with van der Waals surface area (Å²) >= 11 is 7.94. The highest BCUT2D eigenvalue weighted by atomic mass is 35.5. The van der Waals surface area contributed by atoms with Crippen LogP contribution in [0, 0.1) is 0 Å². The van der Waals surface area contributed by atoms with Crippen molar-refractivity contribution in [1.29, 1.82) is 0 Å². The molecule has 0 aliphatic rings. The number of rotatable bonds is 4. The van der Waals surface area contributed by atoms with E-state index in [1.165, 1.54) is 12.3 Å². The van der Waals surface area contributed by atoms with Crippen LogP contribution < -0.4 is 4.74 Å². The van der Waals surface area contributed by atoms with E-state index in [2.05, 4.69) is 0 Å². The molecule has 0 saturated heterocycles. The van der Waals surface area contributed by atoms with Crippen molar-refractivity contribution in [2.24, 2.45) is 0 Å². The van der Waals surface area contributed by atoms with Gasteiger partial charge in [-0.1, -0.05) is 35.9 Å². The van der Waals surface area contributed by atoms with Crippen molar-refractivity contribution in [1.82, 2.24) is 0 Å². The highest BCUT2D eigenvalue weighted by Gasteiger charge is 2.11. The number of thiophene rings is 1. The predicted molar refractivity (Wildman–Crippen MR) is 90.7 cm³/mol. The van der Waals surface area contributed by atoms with Crippen LogP contribution in [-0.2, 0) is 16.4 Å². The molecule has 1 aromatic heterocycles. The monoisotopic (exact) mass is 352 g/mol. The number of sulfone groups is 1. The van der Waals surface area contributed by atoms with Gasteiger partial charge in [0.25, 0.3) is 0 Å². The lowest BCUT2D eigenvalue weighted by Crippen LogP contribution is -1.99. The van der Waals surface area contributed by atoms with Gasteiger partial charge in [-0.15, -0.1) is 11.3 Å². The van der Waals surface area contributed by atoms with Crippen LogP contribution in [0.25, 0.3) is 10.1 Å². The lowest BCUT2D eigenvalue weighted by Gasteiger charge is -2.06. The van der Waals surface area contributed by atoms with Gasteiger partial charge in [-0.25, -0.2) is 8.42 Å². The maximum Gasteiger partial charge on any atom is 0.175 e. The van der Waals surface area contributed by atoms with E-state index in [1.54, 1.807) is 29.5 Å². The average molecular weight is 353 g/mol. The molecule has 0 unspecified atom stereocenters. The second-order valence-corrected chi connectivity index (χ2v) is 8.40. The van der Waals surface area contributed by atoms with Crippen LogP contribution in [0.2, 0.25) is 5.02 Å². The van der Waals surface area contributed by atoms with Crippen molar-refractivity contribution in [3.05, 3.63) is 58.4 Å². The Kier molecular flexibility index (Phi) is 4.12. The molecule has 6 heteroatoms. The summed E-state index contributed by atoms with van der Waals surface area (Å²) in [5.41, 5.74) is 0. The molecule has 0 saturated carbocycles. The Morgan fingerprint density at radius 3 is 2.64 bits per heavy atom. The summed E-state index contributed by atoms with van der Waals surface area (Å²) in [7, 11) is -3.24. The van der Waals surface area contributed by atoms with E-state index in [-0.39, 0.29) is 4.90 Å². The molecule has 114 valence electrons. The molecule has 0 fully saturated rings. The highest BCUT2D eigenvalue weighted by Crippen LogP contribution is 2.35. The minimum absolute atomic E-state index is 0.243. The van der Waals surface area contributed by atoms with E-state index in [1.807, 2.05) is 24.3 Å². The molecule has 3 aromatic rings. The summed E-state index contributed by atoms with van der Waals surface area (Å²) < 4.78 is 29.9. The molecule has 0 radical (unpaired) electrons. The second kappa shape index (κ2) is 5.91. The van der Waals surface area contributed by atoms with Gasteiger partial charge in [-0.05, 0) is 24.3 Å². The van der Waals surface area contributed by atoms with Crippen LogP contribution in [0.1, 0.15) is 4.88 Å². The third-order valence-corrected chi connectivity index (χ3v) is 6.00. The number of halogens is 1. The van der Waals surface area contributed by atoms with Crippen molar-refractivity contribution < 1.29 is 13.2 Å². The normalized spacial score (nSPS) is 11.7. The third-order valence-electron chi connectivity index (χ3n) is 3.21. The van der Waals surface area contributed by atoms with Crippen molar-refractivity contribution in [3.8, 4) is 5.75 Å². The first-order chi connectivity index (χ1) is 10.4. The molecule has 0 amide bonds. The molecular formula is C16H13ClO3S2. The smallest absolute Gasteiger partial charge is 0.175 e. The summed E-state index contributed by atoms with van der Waals surface area (Å²) in [6.45, 7) is 0.311. The number of hydrogen-bond acceptors (Lipinski definition) is 4. The van der Waals surface area contributed by atoms with Gasteiger partial charge in [-0.3, -0.25) is 0 Å². The minimum Gasteiger partial charge on any atom is -0.488 e. The minimum atomic E-state index is -3.24. The van der Waals surface area contributed by atoms with Gasteiger partial charge in [0.15, 0.2) is 9.84 Å². The Morgan fingerprint density at radius 2 is 1.91 bits per heavy atom. The molecule has 1 heterocycles. The fraction of sp³-hybridized carbons (Fsp3) is 0.125. The molecule has 3 nitrogen and oxygen atoms in total. The molecular weight excluding hydrogens is 340 g/mol. The van der Waals surface area contributed by atoms with E-state index in [0.29, 0.717) is 17.4 Å². The van der Waals surface area contributed by atoms with Gasteiger partial charge in [0, 0.05) is 16.3 Å². The van der Waals surface area contributed by atoms with Crippen molar-refractivity contribution in [3.63, 3.8) is 0 Å². The first kappa shape index (κ1) is 15.3. The van der Waals surface area contributed by atoms with Crippen molar-refractivity contribution >= 4 is 42.9 Å². The van der Waals surface area contributed by atoms with Gasteiger partial charge in [0.05, 0.1) is 14.8 Å². The van der Waals surface area contributed by atoms with E-state index in [4.69, 9.17) is 16.3 Å². The van der Waals surface area contributed by atoms with Crippen LogP contribution in [0.5, 0.6) is 5.75 Å². The summed E-state index contributed by atoms with van der Waals surface area (Å²) in [6, 6.07) is 14.4. The van der Waals surface area contributed by atoms with Crippen molar-refractivity contribution in [2.75, 3.05) is 6.26 Å². The summed E-state index contributed by atoms with van der Waals surface area (Å²) in [5, 5.41) is 1.71. The fourth-order valence-electron chi connectivity index (χ4n) is 2.10. The topological polar surface area (TPSA) is 43.4 Å². The lowest BCUT2D eigenvalue weighted by atomic mass is 10.2. The summed E-state index contributed by atoms with van der Waals surface area (Å²) in [4.78, 5) is 1.17. The fourth-order valence-corrected chi connectivity index (χ4v) is 4.16. The average Bonchev–Trinajstić information content (AvgIpc) is 2.82. The first-order valence-electron chi connectivity index (χ1n) is 6.54. The van der Waals surface area contributed by atoms with E-state index >= 15 is 0 Å². The largest absolute Gasteiger partial charge is 0.488 e. The number of ether oxygens (including phenoxy) is 1. The van der Waals surface area contributed by atoms with Gasteiger partial charge < -0.3 is 4.74 Å². The van der Waals surface area contributed by atoms with Gasteiger partial charge in [0.1, 0.15) is 12.4 Å². The molecule has 0 N–H and O–H groups in total. The van der Waals surface area contributed by atoms with Gasteiger partial charge in [0.2, 0.25) is 0 Å². The second-order valence-electron chi connectivity index (χ2n) is 4.87. The third kappa shape index (κ3) is 3.11. The molecule has 0 atom stereocenters. The molecule has 22 heavy (non-hydrogen) atoms. The maximum absolute atomic E-state index is 11.6. The Hall–Kier alpha value is -1.56.